The first-order chi connectivity index (χ1) is 13.6. The molecule has 1 fully saturated rings. The molecule has 3 aromatic rings. The number of imidazole rings is 1. The molecule has 1 aliphatic heterocycles. The maximum absolute atomic E-state index is 13.2. The summed E-state index contributed by atoms with van der Waals surface area (Å²) in [6.45, 7) is 1.84. The average molecular weight is 379 g/mol. The zero-order valence-electron chi connectivity index (χ0n) is 16.1. The van der Waals surface area contributed by atoms with Crippen LogP contribution in [-0.2, 0) is 29.7 Å². The number of hydrogen-bond donors (Lipinski definition) is 0. The molecule has 1 aliphatic rings. The van der Waals surface area contributed by atoms with Crippen LogP contribution in [-0.4, -0.2) is 39.2 Å². The minimum atomic E-state index is -0.175. The maximum Gasteiger partial charge on any atom is 0.329 e. The lowest BCUT2D eigenvalue weighted by atomic mass is 10.2. The summed E-state index contributed by atoms with van der Waals surface area (Å²) in [5.41, 5.74) is 2.50. The summed E-state index contributed by atoms with van der Waals surface area (Å²) in [7, 11) is 1.74. The maximum atomic E-state index is 13.2. The Morgan fingerprint density at radius 2 is 1.82 bits per heavy atom. The van der Waals surface area contributed by atoms with Crippen LogP contribution in [0.2, 0.25) is 0 Å². The number of para-hydroxylation sites is 2. The average Bonchev–Trinajstić information content (AvgIpc) is 3.31. The predicted molar refractivity (Wildman–Crippen MR) is 108 cm³/mol. The largest absolute Gasteiger partial charge is 0.376 e. The van der Waals surface area contributed by atoms with E-state index in [0.717, 1.165) is 36.0 Å². The van der Waals surface area contributed by atoms with Gasteiger partial charge in [0.05, 0.1) is 17.1 Å². The Bertz CT molecular complexity index is 1020. The predicted octanol–water partition coefficient (Wildman–Crippen LogP) is 2.55. The van der Waals surface area contributed by atoms with Crippen LogP contribution in [0.1, 0.15) is 18.4 Å². The molecule has 2 heterocycles. The van der Waals surface area contributed by atoms with Gasteiger partial charge in [-0.3, -0.25) is 13.9 Å². The third-order valence-electron chi connectivity index (χ3n) is 5.36. The van der Waals surface area contributed by atoms with E-state index >= 15 is 0 Å². The number of hydrogen-bond acceptors (Lipinski definition) is 3. The van der Waals surface area contributed by atoms with Crippen LogP contribution in [0.15, 0.2) is 59.4 Å². The lowest BCUT2D eigenvalue weighted by Crippen LogP contribution is -2.40. The number of fused-ring (bicyclic) bond motifs is 1. The molecule has 1 atom stereocenters. The summed E-state index contributed by atoms with van der Waals surface area (Å²) >= 11 is 0. The molecule has 0 N–H and O–H groups in total. The van der Waals surface area contributed by atoms with E-state index in [2.05, 4.69) is 0 Å². The van der Waals surface area contributed by atoms with Crippen LogP contribution in [0.5, 0.6) is 0 Å². The number of rotatable bonds is 6. The highest BCUT2D eigenvalue weighted by Crippen LogP contribution is 2.17. The molecule has 146 valence electrons. The quantitative estimate of drug-likeness (QED) is 0.661. The van der Waals surface area contributed by atoms with E-state index in [0.29, 0.717) is 13.1 Å². The summed E-state index contributed by atoms with van der Waals surface area (Å²) < 4.78 is 8.90. The molecule has 1 amide bonds. The first kappa shape index (κ1) is 18.5. The van der Waals surface area contributed by atoms with Crippen LogP contribution in [0.4, 0.5) is 0 Å². The van der Waals surface area contributed by atoms with E-state index in [1.807, 2.05) is 59.5 Å². The SMILES string of the molecule is Cn1c(=O)n(CC(=O)N(Cc2ccccc2)CC2CCCO2)c2ccccc21. The minimum Gasteiger partial charge on any atom is -0.376 e. The number of amides is 1. The highest BCUT2D eigenvalue weighted by Gasteiger charge is 2.24. The molecule has 1 aromatic heterocycles. The smallest absolute Gasteiger partial charge is 0.329 e. The molecule has 0 saturated carbocycles. The van der Waals surface area contributed by atoms with Gasteiger partial charge in [-0.25, -0.2) is 4.79 Å². The number of nitrogens with zero attached hydrogens (tertiary/aromatic N) is 3. The molecule has 2 aromatic carbocycles. The van der Waals surface area contributed by atoms with Crippen LogP contribution in [0.3, 0.4) is 0 Å². The molecule has 0 spiro atoms. The molecular formula is C22H25N3O3. The highest BCUT2D eigenvalue weighted by molar-refractivity contribution is 5.81. The van der Waals surface area contributed by atoms with Crippen molar-refractivity contribution in [2.45, 2.75) is 32.0 Å². The monoisotopic (exact) mass is 379 g/mol. The number of benzene rings is 2. The molecule has 0 bridgehead atoms. The van der Waals surface area contributed by atoms with Gasteiger partial charge in [0.1, 0.15) is 6.54 Å². The van der Waals surface area contributed by atoms with Crippen molar-refractivity contribution in [3.63, 3.8) is 0 Å². The van der Waals surface area contributed by atoms with Gasteiger partial charge in [-0.15, -0.1) is 0 Å². The van der Waals surface area contributed by atoms with Crippen molar-refractivity contribution >= 4 is 16.9 Å². The second-order valence-corrected chi connectivity index (χ2v) is 7.31. The van der Waals surface area contributed by atoms with Crippen molar-refractivity contribution in [2.24, 2.45) is 7.05 Å². The van der Waals surface area contributed by atoms with Gasteiger partial charge in [-0.05, 0) is 30.5 Å². The lowest BCUT2D eigenvalue weighted by molar-refractivity contribution is -0.134. The molecule has 1 unspecified atom stereocenters. The van der Waals surface area contributed by atoms with Crippen molar-refractivity contribution < 1.29 is 9.53 Å². The molecule has 28 heavy (non-hydrogen) atoms. The van der Waals surface area contributed by atoms with Gasteiger partial charge in [0.15, 0.2) is 0 Å². The minimum absolute atomic E-state index is 0.0275. The third-order valence-corrected chi connectivity index (χ3v) is 5.36. The third kappa shape index (κ3) is 3.73. The van der Waals surface area contributed by atoms with Gasteiger partial charge >= 0.3 is 5.69 Å². The standard InChI is InChI=1S/C22H25N3O3/c1-23-19-11-5-6-12-20(19)25(22(23)27)16-21(26)24(15-18-10-7-13-28-18)14-17-8-3-2-4-9-17/h2-6,8-9,11-12,18H,7,10,13-16H2,1H3. The van der Waals surface area contributed by atoms with Crippen LogP contribution >= 0.6 is 0 Å². The van der Waals surface area contributed by atoms with E-state index in [9.17, 15) is 9.59 Å². The van der Waals surface area contributed by atoms with Crippen molar-refractivity contribution in [3.8, 4) is 0 Å². The Labute approximate surface area is 163 Å². The summed E-state index contributed by atoms with van der Waals surface area (Å²) in [5.74, 6) is -0.0715. The number of aromatic nitrogens is 2. The Morgan fingerprint density at radius 1 is 1.11 bits per heavy atom. The summed E-state index contributed by atoms with van der Waals surface area (Å²) in [5, 5.41) is 0. The van der Waals surface area contributed by atoms with E-state index in [1.54, 1.807) is 16.2 Å². The van der Waals surface area contributed by atoms with Crippen LogP contribution in [0.25, 0.3) is 11.0 Å². The summed E-state index contributed by atoms with van der Waals surface area (Å²) in [6, 6.07) is 17.5. The molecule has 1 saturated heterocycles. The molecule has 6 nitrogen and oxygen atoms in total. The molecule has 0 radical (unpaired) electrons. The first-order valence-electron chi connectivity index (χ1n) is 9.71. The Hall–Kier alpha value is -2.86. The number of ether oxygens (including phenoxy) is 1. The zero-order chi connectivity index (χ0) is 19.5. The molecule has 0 aliphatic carbocycles. The molecular weight excluding hydrogens is 354 g/mol. The Kier molecular flexibility index (Phi) is 5.30. The Balaban J connectivity index is 1.60. The van der Waals surface area contributed by atoms with Crippen molar-refractivity contribution in [1.29, 1.82) is 0 Å². The van der Waals surface area contributed by atoms with Crippen molar-refractivity contribution in [3.05, 3.63) is 70.6 Å². The van der Waals surface area contributed by atoms with Gasteiger partial charge in [0.25, 0.3) is 0 Å². The van der Waals surface area contributed by atoms with Gasteiger partial charge < -0.3 is 9.64 Å². The van der Waals surface area contributed by atoms with E-state index in [4.69, 9.17) is 4.74 Å². The topological polar surface area (TPSA) is 56.5 Å². The second-order valence-electron chi connectivity index (χ2n) is 7.31. The van der Waals surface area contributed by atoms with Crippen LogP contribution in [0, 0.1) is 0 Å². The number of carbonyl (C=O) groups is 1. The van der Waals surface area contributed by atoms with Crippen molar-refractivity contribution in [1.82, 2.24) is 14.0 Å². The number of aryl methyl sites for hydroxylation is 1. The Morgan fingerprint density at radius 3 is 2.54 bits per heavy atom. The molecule has 6 heteroatoms. The van der Waals surface area contributed by atoms with E-state index in [1.165, 1.54) is 0 Å². The fourth-order valence-corrected chi connectivity index (χ4v) is 3.84. The lowest BCUT2D eigenvalue weighted by Gasteiger charge is -2.26. The zero-order valence-corrected chi connectivity index (χ0v) is 16.1. The van der Waals surface area contributed by atoms with Gasteiger partial charge in [-0.2, -0.15) is 0 Å². The van der Waals surface area contributed by atoms with E-state index < -0.39 is 0 Å². The summed E-state index contributed by atoms with van der Waals surface area (Å²) in [6.07, 6.45) is 2.06. The van der Waals surface area contributed by atoms with Crippen LogP contribution < -0.4 is 5.69 Å². The fourth-order valence-electron chi connectivity index (χ4n) is 3.84. The second kappa shape index (κ2) is 8.02. The number of carbonyl (C=O) groups excluding carboxylic acids is 1. The van der Waals surface area contributed by atoms with Crippen molar-refractivity contribution in [2.75, 3.05) is 13.2 Å². The normalized spacial score (nSPS) is 16.5. The van der Waals surface area contributed by atoms with Gasteiger partial charge in [0, 0.05) is 26.7 Å². The fraction of sp³-hybridized carbons (Fsp3) is 0.364. The highest BCUT2D eigenvalue weighted by atomic mass is 16.5. The van der Waals surface area contributed by atoms with Gasteiger partial charge in [0.2, 0.25) is 5.91 Å². The van der Waals surface area contributed by atoms with E-state index in [-0.39, 0.29) is 24.2 Å². The molecule has 4 rings (SSSR count). The van der Waals surface area contributed by atoms with Gasteiger partial charge in [-0.1, -0.05) is 42.5 Å². The summed E-state index contributed by atoms with van der Waals surface area (Å²) in [4.78, 5) is 27.7. The first-order valence-corrected chi connectivity index (χ1v) is 9.71.